The largest absolute Gasteiger partial charge is 0.481 e. The molecule has 0 spiro atoms. The molecule has 0 radical (unpaired) electrons. The number of ether oxygens (including phenoxy) is 1. The number of carboxylic acid groups (broad SMARTS) is 2. The molecule has 1 atom stereocenters. The van der Waals surface area contributed by atoms with Crippen LogP contribution in [0.3, 0.4) is 0 Å². The van der Waals surface area contributed by atoms with Crippen LogP contribution in [-0.2, 0) is 23.9 Å². The Bertz CT molecular complexity index is 599. The van der Waals surface area contributed by atoms with Crippen molar-refractivity contribution < 1.29 is 69.9 Å². The number of aliphatic hydroxyl groups excluding tert-OH is 7. The normalized spacial score (nSPS) is 12.7. The Hall–Kier alpha value is -2.46. The first-order valence-electron chi connectivity index (χ1n) is 11.8. The maximum atomic E-state index is 9.92. The van der Waals surface area contributed by atoms with Crippen molar-refractivity contribution in [3.05, 3.63) is 12.2 Å². The zero-order valence-corrected chi connectivity index (χ0v) is 22.6. The highest BCUT2D eigenvalue weighted by molar-refractivity contribution is 6.04. The van der Waals surface area contributed by atoms with Crippen LogP contribution in [-0.4, -0.2) is 116 Å². The predicted octanol–water partition coefficient (Wildman–Crippen LogP) is -0.942. The highest BCUT2D eigenvalue weighted by Gasteiger charge is 2.24. The fraction of sp³-hybridized carbons (Fsp3) is 0.750. The molecule has 0 amide bonds. The summed E-state index contributed by atoms with van der Waals surface area (Å²) in [5.74, 6) is -2.90. The van der Waals surface area contributed by atoms with E-state index in [-0.39, 0.29) is 57.9 Å². The molecule has 0 aromatic carbocycles. The third kappa shape index (κ3) is 31.6. The SMILES string of the molecule is CC(C)(CO)CO.CC(O)CO.CCC(CO)(CO)CO.O=C(O)CCCCC(=O)O.O=C1C=CC(=O)O1. The van der Waals surface area contributed by atoms with E-state index in [1.165, 1.54) is 6.92 Å². The van der Waals surface area contributed by atoms with E-state index in [1.807, 2.05) is 6.92 Å². The van der Waals surface area contributed by atoms with Gasteiger partial charge in [-0.1, -0.05) is 20.8 Å². The number of rotatable bonds is 12. The molecule has 1 aliphatic rings. The summed E-state index contributed by atoms with van der Waals surface area (Å²) in [6.07, 6.45) is 3.22. The second-order valence-corrected chi connectivity index (χ2v) is 8.91. The molecule has 1 rings (SSSR count). The van der Waals surface area contributed by atoms with Crippen molar-refractivity contribution >= 4 is 23.9 Å². The predicted molar refractivity (Wildman–Crippen MR) is 135 cm³/mol. The van der Waals surface area contributed by atoms with Crippen LogP contribution < -0.4 is 0 Å². The Kier molecular flexibility index (Phi) is 29.3. The third-order valence-corrected chi connectivity index (χ3v) is 4.46. The quantitative estimate of drug-likeness (QED) is 0.0795. The number of carbonyl (C=O) groups is 4. The van der Waals surface area contributed by atoms with E-state index in [1.54, 1.807) is 13.8 Å². The van der Waals surface area contributed by atoms with Crippen LogP contribution in [0.1, 0.15) is 59.8 Å². The molecule has 14 nitrogen and oxygen atoms in total. The Morgan fingerprint density at radius 3 is 1.18 bits per heavy atom. The van der Waals surface area contributed by atoms with E-state index in [4.69, 9.17) is 46.0 Å². The van der Waals surface area contributed by atoms with Gasteiger partial charge in [-0.2, -0.15) is 0 Å². The highest BCUT2D eigenvalue weighted by Crippen LogP contribution is 2.18. The number of hydrogen-bond donors (Lipinski definition) is 9. The van der Waals surface area contributed by atoms with Crippen LogP contribution in [0.15, 0.2) is 12.2 Å². The molecular weight excluding hydrogens is 512 g/mol. The zero-order chi connectivity index (χ0) is 30.8. The maximum Gasteiger partial charge on any atom is 0.338 e. The molecule has 0 bridgehead atoms. The lowest BCUT2D eigenvalue weighted by Gasteiger charge is -2.24. The summed E-state index contributed by atoms with van der Waals surface area (Å²) < 4.78 is 3.97. The van der Waals surface area contributed by atoms with Gasteiger partial charge in [-0.3, -0.25) is 9.59 Å². The smallest absolute Gasteiger partial charge is 0.338 e. The van der Waals surface area contributed by atoms with Crippen LogP contribution in [0, 0.1) is 10.8 Å². The summed E-state index contributed by atoms with van der Waals surface area (Å²) in [7, 11) is 0. The molecule has 0 aromatic rings. The fourth-order valence-electron chi connectivity index (χ4n) is 1.39. The van der Waals surface area contributed by atoms with Gasteiger partial charge in [0, 0.05) is 35.8 Å². The molecule has 14 heteroatoms. The first-order chi connectivity index (χ1) is 17.5. The summed E-state index contributed by atoms with van der Waals surface area (Å²) in [5, 5.41) is 75.1. The molecule has 226 valence electrons. The topological polar surface area (TPSA) is 260 Å². The number of carbonyl (C=O) groups excluding carboxylic acids is 2. The van der Waals surface area contributed by atoms with Gasteiger partial charge in [-0.05, 0) is 26.2 Å². The molecule has 38 heavy (non-hydrogen) atoms. The van der Waals surface area contributed by atoms with E-state index >= 15 is 0 Å². The van der Waals surface area contributed by atoms with Gasteiger partial charge < -0.3 is 50.7 Å². The van der Waals surface area contributed by atoms with Crippen LogP contribution in [0.5, 0.6) is 0 Å². The maximum absolute atomic E-state index is 9.92. The van der Waals surface area contributed by atoms with E-state index in [0.29, 0.717) is 19.3 Å². The molecule has 0 fully saturated rings. The molecule has 0 saturated carbocycles. The summed E-state index contributed by atoms with van der Waals surface area (Å²) in [6, 6.07) is 0. The number of aliphatic carboxylic acids is 2. The van der Waals surface area contributed by atoms with Gasteiger partial charge in [-0.25, -0.2) is 9.59 Å². The summed E-state index contributed by atoms with van der Waals surface area (Å²) in [4.78, 5) is 39.6. The van der Waals surface area contributed by atoms with Crippen molar-refractivity contribution in [2.24, 2.45) is 10.8 Å². The van der Waals surface area contributed by atoms with Crippen molar-refractivity contribution in [3.8, 4) is 0 Å². The molecule has 0 aromatic heterocycles. The number of cyclic esters (lactones) is 2. The highest BCUT2D eigenvalue weighted by atomic mass is 16.6. The Morgan fingerprint density at radius 1 is 0.789 bits per heavy atom. The van der Waals surface area contributed by atoms with E-state index < -0.39 is 35.4 Å². The van der Waals surface area contributed by atoms with E-state index in [0.717, 1.165) is 12.2 Å². The number of aliphatic hydroxyl groups is 7. The summed E-state index contributed by atoms with van der Waals surface area (Å²) >= 11 is 0. The molecule has 1 unspecified atom stereocenters. The Morgan fingerprint density at radius 2 is 1.11 bits per heavy atom. The lowest BCUT2D eigenvalue weighted by molar-refractivity contribution is -0.150. The first kappa shape index (κ1) is 42.6. The lowest BCUT2D eigenvalue weighted by atomic mass is 9.88. The lowest BCUT2D eigenvalue weighted by Crippen LogP contribution is -2.32. The average molecular weight is 559 g/mol. The average Bonchev–Trinajstić information content (AvgIpc) is 3.27. The number of hydrogen-bond acceptors (Lipinski definition) is 12. The molecule has 0 aliphatic carbocycles. The van der Waals surface area contributed by atoms with Crippen molar-refractivity contribution in [1.29, 1.82) is 0 Å². The van der Waals surface area contributed by atoms with Gasteiger partial charge in [0.25, 0.3) is 0 Å². The van der Waals surface area contributed by atoms with Gasteiger partial charge in [0.1, 0.15) is 0 Å². The van der Waals surface area contributed by atoms with Crippen molar-refractivity contribution in [2.45, 2.75) is 65.9 Å². The van der Waals surface area contributed by atoms with Gasteiger partial charge in [0.05, 0.1) is 45.7 Å². The second kappa shape index (κ2) is 26.2. The minimum absolute atomic E-state index is 0.0451. The van der Waals surface area contributed by atoms with Gasteiger partial charge in [-0.15, -0.1) is 0 Å². The molecule has 1 aliphatic heterocycles. The second-order valence-electron chi connectivity index (χ2n) is 8.91. The van der Waals surface area contributed by atoms with Crippen LogP contribution in [0.25, 0.3) is 0 Å². The Balaban J connectivity index is -0.000000193. The van der Waals surface area contributed by atoms with Crippen LogP contribution in [0.2, 0.25) is 0 Å². The fourth-order valence-corrected chi connectivity index (χ4v) is 1.39. The number of carboxylic acids is 2. The van der Waals surface area contributed by atoms with Crippen LogP contribution >= 0.6 is 0 Å². The zero-order valence-electron chi connectivity index (χ0n) is 22.6. The molecular formula is C24H46O14. The van der Waals surface area contributed by atoms with Gasteiger partial charge >= 0.3 is 23.9 Å². The van der Waals surface area contributed by atoms with Crippen molar-refractivity contribution in [3.63, 3.8) is 0 Å². The first-order valence-corrected chi connectivity index (χ1v) is 11.8. The third-order valence-electron chi connectivity index (χ3n) is 4.46. The van der Waals surface area contributed by atoms with Crippen molar-refractivity contribution in [1.82, 2.24) is 0 Å². The number of unbranched alkanes of at least 4 members (excludes halogenated alkanes) is 1. The van der Waals surface area contributed by atoms with Gasteiger partial charge in [0.15, 0.2) is 0 Å². The monoisotopic (exact) mass is 558 g/mol. The number of esters is 2. The van der Waals surface area contributed by atoms with E-state index in [2.05, 4.69) is 4.74 Å². The summed E-state index contributed by atoms with van der Waals surface area (Å²) in [5.41, 5.74) is -0.972. The minimum atomic E-state index is -0.870. The summed E-state index contributed by atoms with van der Waals surface area (Å²) in [6.45, 7) is 6.43. The van der Waals surface area contributed by atoms with Crippen LogP contribution in [0.4, 0.5) is 0 Å². The molecule has 1 heterocycles. The molecule has 0 saturated heterocycles. The standard InChI is InChI=1S/C6H10O4.C6H14O3.C5H12O2.C4H2O3.C3H8O2/c7-5(8)3-1-2-4-6(9)10;1-2-6(3-7,4-8)5-9;1-5(2,3-6)4-7;5-3-1-2-4(6)7-3;1-3(5)2-4/h1-4H2,(H,7,8)(H,9,10);7-9H,2-5H2,1H3;6-7H,3-4H2,1-2H3;1-2H;3-5H,2H2,1H3. The Labute approximate surface area is 222 Å². The molecule has 9 N–H and O–H groups in total. The van der Waals surface area contributed by atoms with Gasteiger partial charge in [0.2, 0.25) is 0 Å². The minimum Gasteiger partial charge on any atom is -0.481 e. The van der Waals surface area contributed by atoms with Crippen molar-refractivity contribution in [2.75, 3.05) is 39.6 Å². The van der Waals surface area contributed by atoms with E-state index in [9.17, 15) is 19.2 Å².